The number of hydrogen-bond donors (Lipinski definition) is 1. The van der Waals surface area contributed by atoms with Crippen LogP contribution in [0.15, 0.2) is 48.5 Å². The van der Waals surface area contributed by atoms with Crippen molar-refractivity contribution in [2.75, 3.05) is 37.7 Å². The Hall–Kier alpha value is -2.89. The highest BCUT2D eigenvalue weighted by Crippen LogP contribution is 2.37. The molecule has 0 aromatic heterocycles. The van der Waals surface area contributed by atoms with E-state index in [4.69, 9.17) is 10.5 Å². The third-order valence-corrected chi connectivity index (χ3v) is 8.10. The Bertz CT molecular complexity index is 1240. The summed E-state index contributed by atoms with van der Waals surface area (Å²) in [5.41, 5.74) is 12.9. The maximum absolute atomic E-state index is 11.6. The molecule has 1 amide bonds. The Morgan fingerprint density at radius 2 is 1.88 bits per heavy atom. The first kappa shape index (κ1) is 21.6. The number of nitrogens with two attached hydrogens (primary N) is 1. The lowest BCUT2D eigenvalue weighted by Crippen LogP contribution is -2.52. The Balaban J connectivity index is 1.13. The summed E-state index contributed by atoms with van der Waals surface area (Å²) in [6.45, 7) is 7.22. The average Bonchev–Trinajstić information content (AvgIpc) is 3.28. The van der Waals surface area contributed by atoms with Gasteiger partial charge in [-0.3, -0.25) is 9.69 Å². The molecular weight excluding hydrogens is 422 g/mol. The number of nitrogens with zero attached hydrogens (tertiary/aromatic N) is 2. The van der Waals surface area contributed by atoms with Crippen LogP contribution in [0.4, 0.5) is 5.69 Å². The predicted molar refractivity (Wildman–Crippen MR) is 137 cm³/mol. The molecule has 1 saturated heterocycles. The highest BCUT2D eigenvalue weighted by Gasteiger charge is 2.28. The van der Waals surface area contributed by atoms with Gasteiger partial charge in [0.1, 0.15) is 0 Å². The van der Waals surface area contributed by atoms with Gasteiger partial charge in [0.15, 0.2) is 0 Å². The van der Waals surface area contributed by atoms with Gasteiger partial charge < -0.3 is 15.4 Å². The molecule has 2 N–H and O–H groups in total. The highest BCUT2D eigenvalue weighted by molar-refractivity contribution is 5.99. The topological polar surface area (TPSA) is 58.8 Å². The number of benzene rings is 3. The molecule has 6 rings (SSSR count). The quantitative estimate of drug-likeness (QED) is 0.625. The molecule has 2 heterocycles. The molecule has 0 radical (unpaired) electrons. The van der Waals surface area contributed by atoms with Crippen molar-refractivity contribution in [1.29, 1.82) is 0 Å². The number of ether oxygens (including phenoxy) is 1. The van der Waals surface area contributed by atoms with E-state index in [1.54, 1.807) is 0 Å². The Labute approximate surface area is 201 Å². The number of amides is 1. The van der Waals surface area contributed by atoms with Gasteiger partial charge in [0.25, 0.3) is 0 Å². The molecule has 34 heavy (non-hydrogen) atoms. The lowest BCUT2D eigenvalue weighted by Gasteiger charge is -2.42. The molecule has 2 atom stereocenters. The highest BCUT2D eigenvalue weighted by atomic mass is 16.5. The summed E-state index contributed by atoms with van der Waals surface area (Å²) in [6.07, 6.45) is 4.25. The van der Waals surface area contributed by atoms with Crippen molar-refractivity contribution in [2.24, 2.45) is 5.73 Å². The smallest absolute Gasteiger partial charge is 0.248 e. The standard InChI is InChI=1S/C29H33N3O2/c1-19-18-32(26-10-8-21-6-5-20-3-2-4-25(26)28(20)21)15-14-31(19)13-11-27-24-9-7-23(29(30)33)17-22(24)12-16-34-27/h2-4,7-10,17,19,27H,5-6,11-16,18H2,1H3,(H2,30,33)/t19-,27+/m1/s1. The maximum atomic E-state index is 11.6. The van der Waals surface area contributed by atoms with Gasteiger partial charge in [-0.05, 0) is 78.4 Å². The van der Waals surface area contributed by atoms with Gasteiger partial charge >= 0.3 is 0 Å². The van der Waals surface area contributed by atoms with Crippen LogP contribution in [0.2, 0.25) is 0 Å². The fourth-order valence-corrected chi connectivity index (χ4v) is 6.27. The number of carbonyl (C=O) groups is 1. The number of anilines is 1. The predicted octanol–water partition coefficient (Wildman–Crippen LogP) is 4.25. The number of hydrogen-bond acceptors (Lipinski definition) is 4. The first-order valence-corrected chi connectivity index (χ1v) is 12.6. The fourth-order valence-electron chi connectivity index (χ4n) is 6.27. The summed E-state index contributed by atoms with van der Waals surface area (Å²) >= 11 is 0. The van der Waals surface area contributed by atoms with E-state index >= 15 is 0 Å². The average molecular weight is 456 g/mol. The minimum atomic E-state index is -0.363. The number of rotatable bonds is 5. The van der Waals surface area contributed by atoms with Crippen molar-refractivity contribution in [2.45, 2.75) is 44.8 Å². The molecule has 0 unspecified atom stereocenters. The molecular formula is C29H33N3O2. The van der Waals surface area contributed by atoms with Crippen LogP contribution in [0, 0.1) is 0 Å². The van der Waals surface area contributed by atoms with E-state index in [1.807, 2.05) is 18.2 Å². The van der Waals surface area contributed by atoms with Gasteiger partial charge in [-0.2, -0.15) is 0 Å². The van der Waals surface area contributed by atoms with Crippen LogP contribution in [0.5, 0.6) is 0 Å². The molecule has 0 bridgehead atoms. The van der Waals surface area contributed by atoms with Crippen LogP contribution in [-0.2, 0) is 24.0 Å². The third-order valence-electron chi connectivity index (χ3n) is 8.10. The van der Waals surface area contributed by atoms with E-state index in [0.29, 0.717) is 18.2 Å². The van der Waals surface area contributed by atoms with E-state index in [9.17, 15) is 4.79 Å². The third kappa shape index (κ3) is 3.77. The van der Waals surface area contributed by atoms with Crippen LogP contribution < -0.4 is 10.6 Å². The van der Waals surface area contributed by atoms with E-state index < -0.39 is 0 Å². The summed E-state index contributed by atoms with van der Waals surface area (Å²) in [6, 6.07) is 17.8. The number of carbonyl (C=O) groups excluding carboxylic acids is 1. The lowest BCUT2D eigenvalue weighted by molar-refractivity contribution is 0.0255. The molecule has 2 aliphatic heterocycles. The molecule has 1 fully saturated rings. The van der Waals surface area contributed by atoms with Crippen molar-refractivity contribution in [3.05, 3.63) is 76.3 Å². The Morgan fingerprint density at radius 1 is 1.03 bits per heavy atom. The van der Waals surface area contributed by atoms with Crippen molar-refractivity contribution < 1.29 is 9.53 Å². The van der Waals surface area contributed by atoms with E-state index in [2.05, 4.69) is 47.1 Å². The largest absolute Gasteiger partial charge is 0.373 e. The number of piperazine rings is 1. The molecule has 3 aromatic carbocycles. The SMILES string of the molecule is C[C@@H]1CN(c2ccc3c4c(cccc24)CC3)CCN1CC[C@@H]1OCCc2cc(C(N)=O)ccc21. The summed E-state index contributed by atoms with van der Waals surface area (Å²) in [5, 5.41) is 2.93. The van der Waals surface area contributed by atoms with E-state index in [-0.39, 0.29) is 12.0 Å². The zero-order valence-electron chi connectivity index (χ0n) is 19.9. The molecule has 1 aliphatic carbocycles. The first-order chi connectivity index (χ1) is 16.6. The van der Waals surface area contributed by atoms with Gasteiger partial charge in [-0.25, -0.2) is 0 Å². The Morgan fingerprint density at radius 3 is 2.71 bits per heavy atom. The van der Waals surface area contributed by atoms with Crippen LogP contribution in [-0.4, -0.2) is 49.6 Å². The molecule has 5 heteroatoms. The molecule has 0 spiro atoms. The van der Waals surface area contributed by atoms with Crippen molar-refractivity contribution in [3.63, 3.8) is 0 Å². The van der Waals surface area contributed by atoms with Gasteiger partial charge in [-0.15, -0.1) is 0 Å². The van der Waals surface area contributed by atoms with Crippen molar-refractivity contribution >= 4 is 22.4 Å². The van der Waals surface area contributed by atoms with E-state index in [1.165, 1.54) is 51.6 Å². The van der Waals surface area contributed by atoms with Crippen LogP contribution in [0.3, 0.4) is 0 Å². The van der Waals surface area contributed by atoms with Crippen LogP contribution >= 0.6 is 0 Å². The number of aryl methyl sites for hydroxylation is 2. The maximum Gasteiger partial charge on any atom is 0.248 e. The minimum absolute atomic E-state index is 0.0902. The minimum Gasteiger partial charge on any atom is -0.373 e. The second-order valence-electron chi connectivity index (χ2n) is 10.1. The lowest BCUT2D eigenvalue weighted by atomic mass is 9.93. The second kappa shape index (κ2) is 8.71. The van der Waals surface area contributed by atoms with Gasteiger partial charge in [-0.1, -0.05) is 30.3 Å². The number of fused-ring (bicyclic) bond motifs is 1. The normalized spacial score (nSPS) is 22.2. The monoisotopic (exact) mass is 455 g/mol. The molecule has 5 nitrogen and oxygen atoms in total. The molecule has 176 valence electrons. The summed E-state index contributed by atoms with van der Waals surface area (Å²) in [7, 11) is 0. The summed E-state index contributed by atoms with van der Waals surface area (Å²) in [5.74, 6) is -0.363. The second-order valence-corrected chi connectivity index (χ2v) is 10.1. The molecule has 3 aromatic rings. The molecule has 3 aliphatic rings. The molecule has 0 saturated carbocycles. The van der Waals surface area contributed by atoms with Gasteiger partial charge in [0.05, 0.1) is 12.7 Å². The van der Waals surface area contributed by atoms with Crippen molar-refractivity contribution in [3.8, 4) is 0 Å². The first-order valence-electron chi connectivity index (χ1n) is 12.6. The number of primary amides is 1. The van der Waals surface area contributed by atoms with Crippen molar-refractivity contribution in [1.82, 2.24) is 4.90 Å². The summed E-state index contributed by atoms with van der Waals surface area (Å²) in [4.78, 5) is 16.7. The van der Waals surface area contributed by atoms with Gasteiger partial charge in [0, 0.05) is 48.9 Å². The van der Waals surface area contributed by atoms with Crippen LogP contribution in [0.1, 0.15) is 52.1 Å². The Kier molecular flexibility index (Phi) is 5.54. The van der Waals surface area contributed by atoms with Crippen LogP contribution in [0.25, 0.3) is 10.8 Å². The zero-order valence-corrected chi connectivity index (χ0v) is 19.9. The van der Waals surface area contributed by atoms with Gasteiger partial charge in [0.2, 0.25) is 5.91 Å². The summed E-state index contributed by atoms with van der Waals surface area (Å²) < 4.78 is 6.14. The van der Waals surface area contributed by atoms with E-state index in [0.717, 1.165) is 39.0 Å². The zero-order chi connectivity index (χ0) is 23.2. The fraction of sp³-hybridized carbons (Fsp3) is 0.414.